The molecule has 2 aromatic carbocycles. The quantitative estimate of drug-likeness (QED) is 0.518. The van der Waals surface area contributed by atoms with Gasteiger partial charge in [0.2, 0.25) is 6.79 Å². The van der Waals surface area contributed by atoms with Gasteiger partial charge in [-0.15, -0.1) is 11.3 Å². The van der Waals surface area contributed by atoms with Crippen LogP contribution in [0.15, 0.2) is 78.4 Å². The van der Waals surface area contributed by atoms with Gasteiger partial charge in [0.25, 0.3) is 5.91 Å². The van der Waals surface area contributed by atoms with Crippen LogP contribution >= 0.6 is 11.3 Å². The zero-order valence-corrected chi connectivity index (χ0v) is 16.3. The number of hydrogen-bond acceptors (Lipinski definition) is 4. The van der Waals surface area contributed by atoms with Gasteiger partial charge < -0.3 is 19.4 Å². The zero-order valence-electron chi connectivity index (χ0n) is 15.5. The number of carbonyl (C=O) groups excluding carboxylic acids is 1. The summed E-state index contributed by atoms with van der Waals surface area (Å²) >= 11 is 1.46. The topological polar surface area (TPSA) is 52.5 Å². The molecule has 3 heterocycles. The van der Waals surface area contributed by atoms with E-state index < -0.39 is 0 Å². The Labute approximate surface area is 172 Å². The minimum atomic E-state index is -0.0986. The van der Waals surface area contributed by atoms with Crippen molar-refractivity contribution >= 4 is 17.2 Å². The number of thiophene rings is 1. The summed E-state index contributed by atoms with van der Waals surface area (Å²) in [6, 6.07) is 19.7. The summed E-state index contributed by atoms with van der Waals surface area (Å²) in [5, 5.41) is 5.08. The number of nitrogens with zero attached hydrogens (tertiary/aromatic N) is 1. The number of rotatable bonds is 5. The SMILES string of the molecule is O=C(NCc1ccc2c(c1)OCO2)c1scc(-c2ccccc2)c1-n1cccc1. The molecule has 5 rings (SSSR count). The minimum absolute atomic E-state index is 0.0986. The highest BCUT2D eigenvalue weighted by molar-refractivity contribution is 7.13. The lowest BCUT2D eigenvalue weighted by Crippen LogP contribution is -2.23. The number of benzene rings is 2. The van der Waals surface area contributed by atoms with E-state index in [0.29, 0.717) is 17.2 Å². The van der Waals surface area contributed by atoms with E-state index in [2.05, 4.69) is 17.4 Å². The summed E-state index contributed by atoms with van der Waals surface area (Å²) in [5.74, 6) is 1.35. The predicted octanol–water partition coefficient (Wildman–Crippen LogP) is 4.86. The molecule has 0 aliphatic carbocycles. The number of nitrogens with one attached hydrogen (secondary N) is 1. The molecule has 0 saturated carbocycles. The Balaban J connectivity index is 1.43. The minimum Gasteiger partial charge on any atom is -0.454 e. The fourth-order valence-corrected chi connectivity index (χ4v) is 4.38. The smallest absolute Gasteiger partial charge is 0.263 e. The summed E-state index contributed by atoms with van der Waals surface area (Å²) in [6.45, 7) is 0.655. The lowest BCUT2D eigenvalue weighted by Gasteiger charge is -2.10. The molecule has 1 aliphatic rings. The fourth-order valence-electron chi connectivity index (χ4n) is 3.39. The highest BCUT2D eigenvalue weighted by Crippen LogP contribution is 2.35. The van der Waals surface area contributed by atoms with Crippen molar-refractivity contribution in [1.29, 1.82) is 0 Å². The molecule has 0 atom stereocenters. The van der Waals surface area contributed by atoms with Crippen molar-refractivity contribution in [1.82, 2.24) is 9.88 Å². The van der Waals surface area contributed by atoms with Crippen LogP contribution in [-0.4, -0.2) is 17.3 Å². The van der Waals surface area contributed by atoms with E-state index in [-0.39, 0.29) is 12.7 Å². The average Bonchev–Trinajstić information content (AvgIpc) is 3.52. The van der Waals surface area contributed by atoms with Crippen molar-refractivity contribution in [2.24, 2.45) is 0 Å². The first-order valence-corrected chi connectivity index (χ1v) is 10.1. The van der Waals surface area contributed by atoms with Gasteiger partial charge in [-0.1, -0.05) is 36.4 Å². The van der Waals surface area contributed by atoms with Gasteiger partial charge >= 0.3 is 0 Å². The van der Waals surface area contributed by atoms with Crippen molar-refractivity contribution < 1.29 is 14.3 Å². The van der Waals surface area contributed by atoms with Gasteiger partial charge in [-0.25, -0.2) is 0 Å². The van der Waals surface area contributed by atoms with Crippen molar-refractivity contribution in [2.45, 2.75) is 6.54 Å². The third-order valence-electron chi connectivity index (χ3n) is 4.81. The number of aromatic nitrogens is 1. The first kappa shape index (κ1) is 17.6. The molecule has 6 heteroatoms. The van der Waals surface area contributed by atoms with Gasteiger partial charge in [-0.05, 0) is 35.4 Å². The molecule has 1 aliphatic heterocycles. The largest absolute Gasteiger partial charge is 0.454 e. The van der Waals surface area contributed by atoms with Crippen LogP contribution in [-0.2, 0) is 6.54 Å². The zero-order chi connectivity index (χ0) is 19.6. The van der Waals surface area contributed by atoms with E-state index in [1.807, 2.05) is 70.9 Å². The van der Waals surface area contributed by atoms with Crippen LogP contribution in [0.4, 0.5) is 0 Å². The Morgan fingerprint density at radius 2 is 1.79 bits per heavy atom. The Kier molecular flexibility index (Phi) is 4.54. The molecule has 0 spiro atoms. The molecule has 1 amide bonds. The molecule has 1 N–H and O–H groups in total. The predicted molar refractivity (Wildman–Crippen MR) is 113 cm³/mol. The summed E-state index contributed by atoms with van der Waals surface area (Å²) in [4.78, 5) is 13.7. The number of fused-ring (bicyclic) bond motifs is 1. The highest BCUT2D eigenvalue weighted by Gasteiger charge is 2.20. The Morgan fingerprint density at radius 1 is 1.00 bits per heavy atom. The van der Waals surface area contributed by atoms with Crippen LogP contribution in [0.3, 0.4) is 0 Å². The van der Waals surface area contributed by atoms with Crippen LogP contribution in [0.1, 0.15) is 15.2 Å². The first-order chi connectivity index (χ1) is 14.3. The summed E-state index contributed by atoms with van der Waals surface area (Å²) < 4.78 is 12.7. The second-order valence-corrected chi connectivity index (χ2v) is 7.53. The maximum atomic E-state index is 13.0. The monoisotopic (exact) mass is 402 g/mol. The normalized spacial score (nSPS) is 12.1. The van der Waals surface area contributed by atoms with Crippen LogP contribution in [0.25, 0.3) is 16.8 Å². The van der Waals surface area contributed by atoms with E-state index in [9.17, 15) is 4.79 Å². The second kappa shape index (κ2) is 7.48. The van der Waals surface area contributed by atoms with Crippen LogP contribution < -0.4 is 14.8 Å². The number of carbonyl (C=O) groups is 1. The molecule has 0 unspecified atom stereocenters. The van der Waals surface area contributed by atoms with Crippen LogP contribution in [0.5, 0.6) is 11.5 Å². The Hall–Kier alpha value is -3.51. The van der Waals surface area contributed by atoms with Gasteiger partial charge in [0.05, 0.1) is 5.69 Å². The molecule has 29 heavy (non-hydrogen) atoms. The van der Waals surface area contributed by atoms with Crippen molar-refractivity contribution in [2.75, 3.05) is 6.79 Å². The molecule has 144 valence electrons. The molecule has 0 saturated heterocycles. The molecule has 4 aromatic rings. The summed E-state index contributed by atoms with van der Waals surface area (Å²) in [5.41, 5.74) is 3.99. The van der Waals surface area contributed by atoms with E-state index in [1.54, 1.807) is 0 Å². The van der Waals surface area contributed by atoms with E-state index in [0.717, 1.165) is 28.1 Å². The number of ether oxygens (including phenoxy) is 2. The van der Waals surface area contributed by atoms with E-state index in [1.165, 1.54) is 11.3 Å². The van der Waals surface area contributed by atoms with E-state index in [4.69, 9.17) is 9.47 Å². The maximum absolute atomic E-state index is 13.0. The summed E-state index contributed by atoms with van der Waals surface area (Å²) in [6.07, 6.45) is 3.92. The van der Waals surface area contributed by atoms with Crippen molar-refractivity contribution in [3.05, 3.63) is 88.9 Å². The van der Waals surface area contributed by atoms with Gasteiger partial charge in [0.1, 0.15) is 4.88 Å². The van der Waals surface area contributed by atoms with Gasteiger partial charge in [-0.3, -0.25) is 4.79 Å². The van der Waals surface area contributed by atoms with Crippen molar-refractivity contribution in [3.8, 4) is 28.3 Å². The average molecular weight is 402 g/mol. The number of amides is 1. The standard InChI is InChI=1S/C23H18N2O3S/c26-23(24-13-16-8-9-19-20(12-16)28-15-27-19)22-21(25-10-4-5-11-25)18(14-29-22)17-6-2-1-3-7-17/h1-12,14H,13,15H2,(H,24,26). The molecule has 0 fully saturated rings. The maximum Gasteiger partial charge on any atom is 0.263 e. The molecule has 0 bridgehead atoms. The van der Waals surface area contributed by atoms with Crippen LogP contribution in [0.2, 0.25) is 0 Å². The molecule has 5 nitrogen and oxygen atoms in total. The second-order valence-electron chi connectivity index (χ2n) is 6.65. The number of hydrogen-bond donors (Lipinski definition) is 1. The lowest BCUT2D eigenvalue weighted by atomic mass is 10.1. The molecule has 0 radical (unpaired) electrons. The lowest BCUT2D eigenvalue weighted by molar-refractivity contribution is 0.0955. The Morgan fingerprint density at radius 3 is 2.62 bits per heavy atom. The van der Waals surface area contributed by atoms with E-state index >= 15 is 0 Å². The van der Waals surface area contributed by atoms with Gasteiger partial charge in [0.15, 0.2) is 11.5 Å². The molecular formula is C23H18N2O3S. The third kappa shape index (κ3) is 3.39. The highest BCUT2D eigenvalue weighted by atomic mass is 32.1. The van der Waals surface area contributed by atoms with Gasteiger partial charge in [-0.2, -0.15) is 0 Å². The molecule has 2 aromatic heterocycles. The summed E-state index contributed by atoms with van der Waals surface area (Å²) in [7, 11) is 0. The van der Waals surface area contributed by atoms with Crippen LogP contribution in [0, 0.1) is 0 Å². The fraction of sp³-hybridized carbons (Fsp3) is 0.0870. The molecular weight excluding hydrogens is 384 g/mol. The Bertz CT molecular complexity index is 1150. The van der Waals surface area contributed by atoms with Gasteiger partial charge in [0, 0.05) is 29.9 Å². The third-order valence-corrected chi connectivity index (χ3v) is 5.78. The first-order valence-electron chi connectivity index (χ1n) is 9.26. The van der Waals surface area contributed by atoms with Crippen molar-refractivity contribution in [3.63, 3.8) is 0 Å².